The topological polar surface area (TPSA) is 70.6 Å². The molecule has 1 unspecified atom stereocenters. The van der Waals surface area contributed by atoms with Crippen LogP contribution in [-0.2, 0) is 22.1 Å². The van der Waals surface area contributed by atoms with Gasteiger partial charge in [-0.1, -0.05) is 43.3 Å². The first-order valence-corrected chi connectivity index (χ1v) is 11.9. The third-order valence-electron chi connectivity index (χ3n) is 4.62. The lowest BCUT2D eigenvalue weighted by atomic mass is 9.97. The third kappa shape index (κ3) is 7.85. The lowest BCUT2D eigenvalue weighted by Gasteiger charge is -2.18. The zero-order valence-electron chi connectivity index (χ0n) is 17.3. The molecule has 0 saturated carbocycles. The summed E-state index contributed by atoms with van der Waals surface area (Å²) < 4.78 is 37.0. The summed E-state index contributed by atoms with van der Waals surface area (Å²) in [6.07, 6.45) is 2.16. The van der Waals surface area contributed by atoms with Crippen LogP contribution in [0.1, 0.15) is 42.9 Å². The zero-order chi connectivity index (χ0) is 21.3. The van der Waals surface area contributed by atoms with Crippen molar-refractivity contribution < 1.29 is 12.8 Å². The van der Waals surface area contributed by atoms with Gasteiger partial charge in [0.15, 0.2) is 15.8 Å². The van der Waals surface area contributed by atoms with Gasteiger partial charge in [0.2, 0.25) is 0 Å². The van der Waals surface area contributed by atoms with Crippen molar-refractivity contribution in [1.29, 1.82) is 0 Å². The highest BCUT2D eigenvalue weighted by Gasteiger charge is 2.12. The van der Waals surface area contributed by atoms with Gasteiger partial charge in [-0.2, -0.15) is 0 Å². The molecular formula is C22H30FN3O2S. The number of rotatable bonds is 9. The molecular weight excluding hydrogens is 389 g/mol. The van der Waals surface area contributed by atoms with Gasteiger partial charge in [0, 0.05) is 25.3 Å². The van der Waals surface area contributed by atoms with Crippen molar-refractivity contribution in [2.45, 2.75) is 38.5 Å². The molecule has 158 valence electrons. The van der Waals surface area contributed by atoms with Crippen molar-refractivity contribution in [2.24, 2.45) is 4.99 Å². The van der Waals surface area contributed by atoms with Gasteiger partial charge in [-0.25, -0.2) is 17.8 Å². The number of nitrogens with one attached hydrogen (secondary N) is 2. The summed E-state index contributed by atoms with van der Waals surface area (Å²) in [4.78, 5) is 4.55. The third-order valence-corrected chi connectivity index (χ3v) is 5.45. The quantitative estimate of drug-likeness (QED) is 0.481. The maximum absolute atomic E-state index is 13.7. The monoisotopic (exact) mass is 419 g/mol. The van der Waals surface area contributed by atoms with E-state index in [1.165, 1.54) is 30.0 Å². The Balaban J connectivity index is 2.14. The van der Waals surface area contributed by atoms with Crippen molar-refractivity contribution >= 4 is 15.8 Å². The van der Waals surface area contributed by atoms with Gasteiger partial charge in [0.1, 0.15) is 5.82 Å². The molecule has 2 aromatic rings. The van der Waals surface area contributed by atoms with E-state index in [2.05, 4.69) is 34.7 Å². The van der Waals surface area contributed by atoms with E-state index in [4.69, 9.17) is 0 Å². The Bertz CT molecular complexity index is 915. The van der Waals surface area contributed by atoms with E-state index in [0.717, 1.165) is 6.42 Å². The summed E-state index contributed by atoms with van der Waals surface area (Å²) in [5, 5.41) is 6.54. The van der Waals surface area contributed by atoms with E-state index in [-0.39, 0.29) is 12.3 Å². The molecule has 5 nitrogen and oxygen atoms in total. The number of aliphatic imine (C=N–C) groups is 1. The minimum atomic E-state index is -3.22. The number of halogens is 1. The van der Waals surface area contributed by atoms with Gasteiger partial charge < -0.3 is 10.6 Å². The Morgan fingerprint density at radius 3 is 2.41 bits per heavy atom. The van der Waals surface area contributed by atoms with Crippen LogP contribution in [0, 0.1) is 5.82 Å². The van der Waals surface area contributed by atoms with Crippen LogP contribution in [0.3, 0.4) is 0 Å². The van der Waals surface area contributed by atoms with E-state index < -0.39 is 15.7 Å². The fraction of sp³-hybridized carbons (Fsp3) is 0.409. The number of hydrogen-bond acceptors (Lipinski definition) is 3. The molecule has 29 heavy (non-hydrogen) atoms. The SMILES string of the molecule is CCNC(=NCc1cc(F)ccc1CS(C)(=O)=O)NCC(CC)c1ccccc1. The van der Waals surface area contributed by atoms with Gasteiger partial charge in [-0.15, -0.1) is 0 Å². The molecule has 0 aliphatic rings. The van der Waals surface area contributed by atoms with E-state index >= 15 is 0 Å². The van der Waals surface area contributed by atoms with Crippen molar-refractivity contribution in [3.05, 3.63) is 71.0 Å². The molecule has 2 rings (SSSR count). The summed E-state index contributed by atoms with van der Waals surface area (Å²) in [7, 11) is -3.22. The molecule has 0 radical (unpaired) electrons. The summed E-state index contributed by atoms with van der Waals surface area (Å²) in [6.45, 7) is 5.72. The highest BCUT2D eigenvalue weighted by molar-refractivity contribution is 7.89. The lowest BCUT2D eigenvalue weighted by molar-refractivity contribution is 0.600. The fourth-order valence-corrected chi connectivity index (χ4v) is 3.96. The van der Waals surface area contributed by atoms with Crippen LogP contribution in [0.5, 0.6) is 0 Å². The first kappa shape index (κ1) is 22.9. The first-order chi connectivity index (χ1) is 13.8. The lowest BCUT2D eigenvalue weighted by Crippen LogP contribution is -2.39. The van der Waals surface area contributed by atoms with Crippen molar-refractivity contribution in [3.8, 4) is 0 Å². The number of benzene rings is 2. The fourth-order valence-electron chi connectivity index (χ4n) is 3.11. The summed E-state index contributed by atoms with van der Waals surface area (Å²) >= 11 is 0. The minimum absolute atomic E-state index is 0.131. The van der Waals surface area contributed by atoms with Gasteiger partial charge in [-0.3, -0.25) is 0 Å². The Morgan fingerprint density at radius 1 is 1.07 bits per heavy atom. The van der Waals surface area contributed by atoms with Gasteiger partial charge in [0.25, 0.3) is 0 Å². The standard InChI is InChI=1S/C22H30FN3O2S/c1-4-17(18-9-7-6-8-10-18)14-25-22(24-5-2)26-15-20-13-21(23)12-11-19(20)16-29(3,27)28/h6-13,17H,4-5,14-16H2,1-3H3,(H2,24,25,26). The van der Waals surface area contributed by atoms with Crippen molar-refractivity contribution in [2.75, 3.05) is 19.3 Å². The van der Waals surface area contributed by atoms with Crippen LogP contribution in [0.4, 0.5) is 4.39 Å². The molecule has 7 heteroatoms. The summed E-state index contributed by atoms with van der Waals surface area (Å²) in [5.74, 6) is 0.431. The van der Waals surface area contributed by atoms with Gasteiger partial charge in [-0.05, 0) is 42.2 Å². The molecule has 2 aromatic carbocycles. The molecule has 0 aliphatic heterocycles. The van der Waals surface area contributed by atoms with Crippen LogP contribution in [-0.4, -0.2) is 33.7 Å². The zero-order valence-corrected chi connectivity index (χ0v) is 18.1. The highest BCUT2D eigenvalue weighted by Crippen LogP contribution is 2.18. The Hall–Kier alpha value is -2.41. The number of sulfone groups is 1. The van der Waals surface area contributed by atoms with Crippen molar-refractivity contribution in [1.82, 2.24) is 10.6 Å². The van der Waals surface area contributed by atoms with Gasteiger partial charge in [0.05, 0.1) is 12.3 Å². The predicted octanol–water partition coefficient (Wildman–Crippen LogP) is 3.62. The number of guanidine groups is 1. The second kappa shape index (κ2) is 11.0. The molecule has 0 aliphatic carbocycles. The molecule has 0 heterocycles. The molecule has 0 amide bonds. The molecule has 0 bridgehead atoms. The first-order valence-electron chi connectivity index (χ1n) is 9.84. The van der Waals surface area contributed by atoms with Crippen LogP contribution >= 0.6 is 0 Å². The maximum atomic E-state index is 13.7. The van der Waals surface area contributed by atoms with E-state index in [0.29, 0.717) is 36.1 Å². The maximum Gasteiger partial charge on any atom is 0.191 e. The van der Waals surface area contributed by atoms with Gasteiger partial charge >= 0.3 is 0 Å². The largest absolute Gasteiger partial charge is 0.357 e. The van der Waals surface area contributed by atoms with Crippen LogP contribution in [0.2, 0.25) is 0 Å². The Morgan fingerprint density at radius 2 is 1.79 bits per heavy atom. The van der Waals surface area contributed by atoms with Crippen molar-refractivity contribution in [3.63, 3.8) is 0 Å². The molecule has 0 saturated heterocycles. The normalized spacial score (nSPS) is 13.2. The summed E-state index contributed by atoms with van der Waals surface area (Å²) in [6, 6.07) is 14.4. The highest BCUT2D eigenvalue weighted by atomic mass is 32.2. The smallest absolute Gasteiger partial charge is 0.191 e. The average Bonchev–Trinajstić information content (AvgIpc) is 2.68. The second-order valence-electron chi connectivity index (χ2n) is 7.08. The number of nitrogens with zero attached hydrogens (tertiary/aromatic N) is 1. The van der Waals surface area contributed by atoms with E-state index in [1.54, 1.807) is 0 Å². The Kier molecular flexibility index (Phi) is 8.64. The second-order valence-corrected chi connectivity index (χ2v) is 9.22. The van der Waals surface area contributed by atoms with Crippen LogP contribution in [0.25, 0.3) is 0 Å². The molecule has 0 aromatic heterocycles. The van der Waals surface area contributed by atoms with Crippen LogP contribution < -0.4 is 10.6 Å². The Labute approximate surface area is 173 Å². The molecule has 0 fully saturated rings. The minimum Gasteiger partial charge on any atom is -0.357 e. The van der Waals surface area contributed by atoms with E-state index in [1.807, 2.05) is 25.1 Å². The average molecular weight is 420 g/mol. The molecule has 0 spiro atoms. The number of hydrogen-bond donors (Lipinski definition) is 2. The predicted molar refractivity (Wildman–Crippen MR) is 117 cm³/mol. The molecule has 1 atom stereocenters. The van der Waals surface area contributed by atoms with E-state index in [9.17, 15) is 12.8 Å². The molecule has 2 N–H and O–H groups in total. The summed E-state index contributed by atoms with van der Waals surface area (Å²) in [5.41, 5.74) is 2.41. The van der Waals surface area contributed by atoms with Crippen LogP contribution in [0.15, 0.2) is 53.5 Å².